The van der Waals surface area contributed by atoms with Gasteiger partial charge < -0.3 is 29.4 Å². The molecule has 0 saturated carbocycles. The van der Waals surface area contributed by atoms with Crippen molar-refractivity contribution in [3.05, 3.63) is 23.8 Å². The van der Waals surface area contributed by atoms with Crippen LogP contribution >= 0.6 is 0 Å². The van der Waals surface area contributed by atoms with E-state index in [9.17, 15) is 19.2 Å². The van der Waals surface area contributed by atoms with E-state index < -0.39 is 35.7 Å². The van der Waals surface area contributed by atoms with E-state index in [1.807, 2.05) is 34.6 Å². The smallest absolute Gasteiger partial charge is 0.468 e. The van der Waals surface area contributed by atoms with Crippen molar-refractivity contribution in [1.82, 2.24) is 0 Å². The molecule has 0 aliphatic heterocycles. The Balaban J connectivity index is 3.24. The molecule has 0 saturated heterocycles. The molecule has 39 heavy (non-hydrogen) atoms. The van der Waals surface area contributed by atoms with Crippen molar-refractivity contribution >= 4 is 24.1 Å². The van der Waals surface area contributed by atoms with Gasteiger partial charge in [-0.3, -0.25) is 14.4 Å². The molecule has 220 valence electrons. The third-order valence-electron chi connectivity index (χ3n) is 6.36. The number of hydrogen-bond donors (Lipinski definition) is 1. The van der Waals surface area contributed by atoms with Crippen LogP contribution < -0.4 is 15.2 Å². The van der Waals surface area contributed by atoms with Crippen LogP contribution in [0.15, 0.2) is 18.2 Å². The molecule has 0 heterocycles. The molecular weight excluding hydrogens is 506 g/mol. The summed E-state index contributed by atoms with van der Waals surface area (Å²) >= 11 is 0. The average molecular weight is 552 g/mol. The summed E-state index contributed by atoms with van der Waals surface area (Å²) in [6.07, 6.45) is 0.951. The molecule has 10 nitrogen and oxygen atoms in total. The molecule has 3 unspecified atom stereocenters. The number of carbonyl (C=O) groups excluding carboxylic acids is 4. The number of carbonyl (C=O) groups is 4. The van der Waals surface area contributed by atoms with E-state index in [4.69, 9.17) is 29.4 Å². The van der Waals surface area contributed by atoms with Gasteiger partial charge in [-0.1, -0.05) is 53.5 Å². The van der Waals surface area contributed by atoms with Crippen LogP contribution in [0.2, 0.25) is 0 Å². The SMILES string of the molecule is CCCOC(=O)O[C@@H](C)CC(N)(Cc1ccc(OC(=O)CC(C)CC)c(OC(=O)CC(C)CC)c1)C(=O)OC. The normalized spacial score (nSPS) is 14.8. The monoisotopic (exact) mass is 551 g/mol. The molecule has 0 aliphatic rings. The van der Waals surface area contributed by atoms with Gasteiger partial charge in [-0.25, -0.2) is 4.79 Å². The summed E-state index contributed by atoms with van der Waals surface area (Å²) in [5.41, 5.74) is 5.43. The molecule has 0 fully saturated rings. The van der Waals surface area contributed by atoms with Crippen LogP contribution in [-0.4, -0.2) is 49.4 Å². The zero-order valence-electron chi connectivity index (χ0n) is 24.4. The zero-order valence-corrected chi connectivity index (χ0v) is 24.4. The standard InChI is InChI=1S/C29H45NO9/c1-8-13-36-28(34)37-21(6)17-29(30,27(33)35-7)18-22-11-12-23(38-25(31)14-19(4)9-2)24(16-22)39-26(32)15-20(5)10-3/h11-12,16,19-21H,8-10,13-15,17-18,30H2,1-7H3/t19?,20?,21-,29?/m0/s1. The molecule has 1 aromatic carbocycles. The number of nitrogens with two attached hydrogens (primary N) is 1. The average Bonchev–Trinajstić information content (AvgIpc) is 2.87. The summed E-state index contributed by atoms with van der Waals surface area (Å²) in [6.45, 7) is 11.5. The predicted molar refractivity (Wildman–Crippen MR) is 145 cm³/mol. The minimum absolute atomic E-state index is 0.0333. The topological polar surface area (TPSA) is 140 Å². The summed E-state index contributed by atoms with van der Waals surface area (Å²) in [7, 11) is 1.22. The summed E-state index contributed by atoms with van der Waals surface area (Å²) in [6, 6.07) is 4.66. The van der Waals surface area contributed by atoms with Crippen LogP contribution in [0.25, 0.3) is 0 Å². The van der Waals surface area contributed by atoms with E-state index in [1.165, 1.54) is 19.2 Å². The molecule has 0 bridgehead atoms. The maximum Gasteiger partial charge on any atom is 0.508 e. The van der Waals surface area contributed by atoms with E-state index in [-0.39, 0.29) is 55.6 Å². The third-order valence-corrected chi connectivity index (χ3v) is 6.36. The second kappa shape index (κ2) is 16.7. The molecule has 4 atom stereocenters. The lowest BCUT2D eigenvalue weighted by atomic mass is 9.86. The molecular formula is C29H45NO9. The summed E-state index contributed by atoms with van der Waals surface area (Å²) in [5, 5.41) is 0. The van der Waals surface area contributed by atoms with E-state index >= 15 is 0 Å². The first kappa shape index (κ1) is 33.9. The Morgan fingerprint density at radius 1 is 0.897 bits per heavy atom. The first-order valence-electron chi connectivity index (χ1n) is 13.6. The van der Waals surface area contributed by atoms with Gasteiger partial charge in [0.1, 0.15) is 11.6 Å². The minimum Gasteiger partial charge on any atom is -0.468 e. The zero-order chi connectivity index (χ0) is 29.6. The van der Waals surface area contributed by atoms with Crippen LogP contribution in [0.5, 0.6) is 11.5 Å². The highest BCUT2D eigenvalue weighted by atomic mass is 16.7. The molecule has 0 aromatic heterocycles. The van der Waals surface area contributed by atoms with Crippen LogP contribution in [0, 0.1) is 11.8 Å². The van der Waals surface area contributed by atoms with Gasteiger partial charge in [0.15, 0.2) is 11.5 Å². The highest BCUT2D eigenvalue weighted by molar-refractivity contribution is 5.81. The highest BCUT2D eigenvalue weighted by Crippen LogP contribution is 2.32. The molecule has 0 amide bonds. The lowest BCUT2D eigenvalue weighted by molar-refractivity contribution is -0.148. The van der Waals surface area contributed by atoms with Crippen molar-refractivity contribution in [3.8, 4) is 11.5 Å². The molecule has 10 heteroatoms. The third kappa shape index (κ3) is 12.1. The minimum atomic E-state index is -1.58. The van der Waals surface area contributed by atoms with Gasteiger partial charge in [0.2, 0.25) is 0 Å². The van der Waals surface area contributed by atoms with Gasteiger partial charge in [-0.2, -0.15) is 0 Å². The quantitative estimate of drug-likeness (QED) is 0.217. The number of benzene rings is 1. The van der Waals surface area contributed by atoms with Gasteiger partial charge in [-0.15, -0.1) is 0 Å². The molecule has 1 aromatic rings. The predicted octanol–water partition coefficient (Wildman–Crippen LogP) is 5.12. The van der Waals surface area contributed by atoms with Crippen molar-refractivity contribution in [2.75, 3.05) is 13.7 Å². The first-order chi connectivity index (χ1) is 18.4. The van der Waals surface area contributed by atoms with E-state index in [2.05, 4.69) is 0 Å². The molecule has 0 spiro atoms. The summed E-state index contributed by atoms with van der Waals surface area (Å²) < 4.78 is 26.3. The van der Waals surface area contributed by atoms with Crippen LogP contribution in [0.1, 0.15) is 85.6 Å². The Morgan fingerprint density at radius 2 is 1.46 bits per heavy atom. The summed E-state index contributed by atoms with van der Waals surface area (Å²) in [5.74, 6) is -1.23. The van der Waals surface area contributed by atoms with Crippen molar-refractivity contribution in [3.63, 3.8) is 0 Å². The van der Waals surface area contributed by atoms with Gasteiger partial charge in [0.25, 0.3) is 0 Å². The van der Waals surface area contributed by atoms with Gasteiger partial charge in [-0.05, 0) is 42.9 Å². The van der Waals surface area contributed by atoms with E-state index in [1.54, 1.807) is 13.0 Å². The van der Waals surface area contributed by atoms with Crippen molar-refractivity contribution in [2.45, 2.75) is 98.1 Å². The number of methoxy groups -OCH3 is 1. The number of hydrogen-bond acceptors (Lipinski definition) is 10. The molecule has 0 radical (unpaired) electrons. The van der Waals surface area contributed by atoms with Crippen LogP contribution in [-0.2, 0) is 35.0 Å². The van der Waals surface area contributed by atoms with E-state index in [0.717, 1.165) is 12.8 Å². The lowest BCUT2D eigenvalue weighted by Crippen LogP contribution is -2.53. The Hall–Kier alpha value is -3.14. The fourth-order valence-electron chi connectivity index (χ4n) is 3.75. The Morgan fingerprint density at radius 3 is 1.97 bits per heavy atom. The number of ether oxygens (including phenoxy) is 5. The van der Waals surface area contributed by atoms with Gasteiger partial charge in [0.05, 0.1) is 13.7 Å². The first-order valence-corrected chi connectivity index (χ1v) is 13.6. The summed E-state index contributed by atoms with van der Waals surface area (Å²) in [4.78, 5) is 49.6. The Kier molecular flexibility index (Phi) is 14.5. The largest absolute Gasteiger partial charge is 0.508 e. The van der Waals surface area contributed by atoms with Crippen molar-refractivity contribution < 1.29 is 42.9 Å². The maximum absolute atomic E-state index is 12.7. The Labute approximate surface area is 231 Å². The number of rotatable bonds is 16. The number of esters is 3. The fourth-order valence-corrected chi connectivity index (χ4v) is 3.75. The van der Waals surface area contributed by atoms with Crippen molar-refractivity contribution in [1.29, 1.82) is 0 Å². The second-order valence-corrected chi connectivity index (χ2v) is 10.2. The Bertz CT molecular complexity index is 964. The fraction of sp³-hybridized carbons (Fsp3) is 0.655. The van der Waals surface area contributed by atoms with E-state index in [0.29, 0.717) is 12.0 Å². The lowest BCUT2D eigenvalue weighted by Gasteiger charge is -2.29. The van der Waals surface area contributed by atoms with Gasteiger partial charge in [0, 0.05) is 25.7 Å². The van der Waals surface area contributed by atoms with Gasteiger partial charge >= 0.3 is 24.1 Å². The maximum atomic E-state index is 12.7. The van der Waals surface area contributed by atoms with Crippen LogP contribution in [0.4, 0.5) is 4.79 Å². The van der Waals surface area contributed by atoms with Crippen molar-refractivity contribution in [2.24, 2.45) is 17.6 Å². The molecule has 2 N–H and O–H groups in total. The van der Waals surface area contributed by atoms with Crippen LogP contribution in [0.3, 0.4) is 0 Å². The highest BCUT2D eigenvalue weighted by Gasteiger charge is 2.38. The molecule has 0 aliphatic carbocycles. The molecule has 1 rings (SSSR count). The second-order valence-electron chi connectivity index (χ2n) is 10.2.